The summed E-state index contributed by atoms with van der Waals surface area (Å²) >= 11 is 0. The molecular weight excluding hydrogens is 769 g/mol. The lowest BCUT2D eigenvalue weighted by Gasteiger charge is -2.18. The zero-order valence-electron chi connectivity index (χ0n) is 40.4. The zero-order chi connectivity index (χ0) is 45.1. The monoisotopic (exact) mass is 863 g/mol. The third kappa shape index (κ3) is 47.6. The van der Waals surface area contributed by atoms with Gasteiger partial charge in [0.15, 0.2) is 6.10 Å². The molecule has 62 heavy (non-hydrogen) atoms. The van der Waals surface area contributed by atoms with Crippen molar-refractivity contribution in [3.63, 3.8) is 0 Å². The van der Waals surface area contributed by atoms with Crippen molar-refractivity contribution >= 4 is 17.9 Å². The minimum absolute atomic E-state index is 0.0954. The van der Waals surface area contributed by atoms with E-state index in [-0.39, 0.29) is 31.1 Å². The quantitative estimate of drug-likeness (QED) is 0.0263. The van der Waals surface area contributed by atoms with Gasteiger partial charge in [-0.05, 0) is 116 Å². The van der Waals surface area contributed by atoms with Gasteiger partial charge in [0.05, 0.1) is 0 Å². The Morgan fingerprint density at radius 3 is 1.05 bits per heavy atom. The zero-order valence-corrected chi connectivity index (χ0v) is 40.4. The van der Waals surface area contributed by atoms with E-state index < -0.39 is 6.10 Å². The minimum Gasteiger partial charge on any atom is -0.462 e. The molecule has 0 aromatic rings. The van der Waals surface area contributed by atoms with Crippen molar-refractivity contribution in [1.82, 2.24) is 0 Å². The second-order valence-corrected chi connectivity index (χ2v) is 16.7. The van der Waals surface area contributed by atoms with Crippen molar-refractivity contribution in [2.75, 3.05) is 13.2 Å². The highest BCUT2D eigenvalue weighted by atomic mass is 16.6. The molecule has 6 heteroatoms. The van der Waals surface area contributed by atoms with Crippen LogP contribution in [-0.4, -0.2) is 37.2 Å². The smallest absolute Gasteiger partial charge is 0.306 e. The molecular formula is C56H94O6. The van der Waals surface area contributed by atoms with Crippen LogP contribution in [0, 0.1) is 0 Å². The van der Waals surface area contributed by atoms with Crippen LogP contribution in [0.5, 0.6) is 0 Å². The highest BCUT2D eigenvalue weighted by molar-refractivity contribution is 5.71. The van der Waals surface area contributed by atoms with Crippen LogP contribution >= 0.6 is 0 Å². The summed E-state index contributed by atoms with van der Waals surface area (Å²) in [5, 5.41) is 0. The number of carbonyl (C=O) groups excluding carboxylic acids is 3. The lowest BCUT2D eigenvalue weighted by atomic mass is 10.1. The van der Waals surface area contributed by atoms with Crippen LogP contribution in [0.15, 0.2) is 85.1 Å². The Labute approximate surface area is 382 Å². The number of esters is 3. The van der Waals surface area contributed by atoms with Gasteiger partial charge in [-0.1, -0.05) is 183 Å². The third-order valence-corrected chi connectivity index (χ3v) is 10.6. The molecule has 354 valence electrons. The first-order valence-electron chi connectivity index (χ1n) is 25.6. The maximum atomic E-state index is 12.8. The number of hydrogen-bond donors (Lipinski definition) is 0. The van der Waals surface area contributed by atoms with Crippen LogP contribution in [0.3, 0.4) is 0 Å². The number of rotatable bonds is 45. The summed E-state index contributed by atoms with van der Waals surface area (Å²) in [7, 11) is 0. The first kappa shape index (κ1) is 58.6. The molecule has 0 radical (unpaired) electrons. The van der Waals surface area contributed by atoms with Crippen LogP contribution in [-0.2, 0) is 28.6 Å². The van der Waals surface area contributed by atoms with Gasteiger partial charge in [-0.15, -0.1) is 0 Å². The summed E-state index contributed by atoms with van der Waals surface area (Å²) in [4.78, 5) is 37.9. The van der Waals surface area contributed by atoms with Crippen LogP contribution in [0.1, 0.15) is 233 Å². The predicted molar refractivity (Wildman–Crippen MR) is 265 cm³/mol. The molecule has 0 saturated carbocycles. The van der Waals surface area contributed by atoms with Gasteiger partial charge in [0.2, 0.25) is 0 Å². The number of hydrogen-bond acceptors (Lipinski definition) is 6. The minimum atomic E-state index is -0.797. The standard InChI is InChI=1S/C56H94O6/c1-4-7-10-13-16-19-22-25-26-27-28-29-30-32-34-37-40-43-46-49-55(58)61-52-53(51-60-54(57)48-45-42-39-36-33-24-21-18-15-12-9-6-3)62-56(59)50-47-44-41-38-35-31-23-20-17-14-11-8-5-2/h7,10,16,18-21,23,25-26,28-29,32,34,53H,4-6,8-9,11-15,17,22,24,27,30-31,33,35-52H2,1-3H3/b10-7-,19-16-,21-18-,23-20-,26-25-,29-28-,34-32-/t53-/m1/s1. The number of allylic oxidation sites excluding steroid dienone is 14. The maximum Gasteiger partial charge on any atom is 0.306 e. The molecule has 1 atom stereocenters. The van der Waals surface area contributed by atoms with E-state index in [1.807, 2.05) is 0 Å². The molecule has 0 fully saturated rings. The molecule has 0 saturated heterocycles. The van der Waals surface area contributed by atoms with E-state index in [9.17, 15) is 14.4 Å². The highest BCUT2D eigenvalue weighted by Crippen LogP contribution is 2.13. The predicted octanol–water partition coefficient (Wildman–Crippen LogP) is 16.8. The van der Waals surface area contributed by atoms with E-state index in [1.54, 1.807) is 0 Å². The van der Waals surface area contributed by atoms with E-state index in [2.05, 4.69) is 106 Å². The first-order chi connectivity index (χ1) is 30.5. The van der Waals surface area contributed by atoms with Gasteiger partial charge in [0.25, 0.3) is 0 Å². The summed E-state index contributed by atoms with van der Waals surface area (Å²) in [5.41, 5.74) is 0. The van der Waals surface area contributed by atoms with Gasteiger partial charge in [-0.25, -0.2) is 0 Å². The largest absolute Gasteiger partial charge is 0.462 e. The van der Waals surface area contributed by atoms with Crippen LogP contribution in [0.2, 0.25) is 0 Å². The fraction of sp³-hybridized carbons (Fsp3) is 0.696. The molecule has 0 unspecified atom stereocenters. The molecule has 0 aliphatic heterocycles. The molecule has 0 rings (SSSR count). The topological polar surface area (TPSA) is 78.9 Å². The highest BCUT2D eigenvalue weighted by Gasteiger charge is 2.19. The van der Waals surface area contributed by atoms with E-state index >= 15 is 0 Å². The Balaban J connectivity index is 4.45. The lowest BCUT2D eigenvalue weighted by molar-refractivity contribution is -0.167. The van der Waals surface area contributed by atoms with Crippen molar-refractivity contribution in [3.8, 4) is 0 Å². The molecule has 0 bridgehead atoms. The summed E-state index contributed by atoms with van der Waals surface area (Å²) in [6.45, 7) is 6.43. The molecule has 0 aromatic carbocycles. The second-order valence-electron chi connectivity index (χ2n) is 16.7. The number of carbonyl (C=O) groups is 3. The number of unbranched alkanes of at least 4 members (excludes halogenated alkanes) is 20. The van der Waals surface area contributed by atoms with Crippen LogP contribution < -0.4 is 0 Å². The molecule has 0 aromatic heterocycles. The summed E-state index contributed by atoms with van der Waals surface area (Å²) in [6.07, 6.45) is 64.2. The normalized spacial score (nSPS) is 12.8. The third-order valence-electron chi connectivity index (χ3n) is 10.6. The maximum absolute atomic E-state index is 12.8. The molecule has 0 heterocycles. The first-order valence-corrected chi connectivity index (χ1v) is 25.6. The number of ether oxygens (including phenoxy) is 3. The van der Waals surface area contributed by atoms with Gasteiger partial charge >= 0.3 is 17.9 Å². The van der Waals surface area contributed by atoms with Gasteiger partial charge in [-0.2, -0.15) is 0 Å². The fourth-order valence-electron chi connectivity index (χ4n) is 6.75. The second kappa shape index (κ2) is 50.2. The van der Waals surface area contributed by atoms with E-state index in [0.717, 1.165) is 116 Å². The lowest BCUT2D eigenvalue weighted by Crippen LogP contribution is -2.30. The molecule has 0 N–H and O–H groups in total. The van der Waals surface area contributed by atoms with Crippen molar-refractivity contribution < 1.29 is 28.6 Å². The summed E-state index contributed by atoms with van der Waals surface area (Å²) in [5.74, 6) is -0.948. The van der Waals surface area contributed by atoms with Crippen LogP contribution in [0.25, 0.3) is 0 Å². The average Bonchev–Trinajstić information content (AvgIpc) is 3.27. The van der Waals surface area contributed by atoms with Crippen LogP contribution in [0.4, 0.5) is 0 Å². The fourth-order valence-corrected chi connectivity index (χ4v) is 6.75. The van der Waals surface area contributed by atoms with E-state index in [4.69, 9.17) is 14.2 Å². The van der Waals surface area contributed by atoms with Crippen molar-refractivity contribution in [1.29, 1.82) is 0 Å². The molecule has 0 aliphatic carbocycles. The summed E-state index contributed by atoms with van der Waals surface area (Å²) in [6, 6.07) is 0. The molecule has 0 amide bonds. The van der Waals surface area contributed by atoms with Gasteiger partial charge in [-0.3, -0.25) is 14.4 Å². The Morgan fingerprint density at radius 1 is 0.339 bits per heavy atom. The molecule has 0 spiro atoms. The van der Waals surface area contributed by atoms with Gasteiger partial charge < -0.3 is 14.2 Å². The summed E-state index contributed by atoms with van der Waals surface area (Å²) < 4.78 is 16.7. The van der Waals surface area contributed by atoms with Gasteiger partial charge in [0.1, 0.15) is 13.2 Å². The SMILES string of the molecule is CC/C=C\C/C=C\C/C=C\C/C=C\C/C=C\CCCCCC(=O)OC[C@@H](COC(=O)CCCCCCC/C=C\CCCCC)OC(=O)CCCCCCC/C=C\CCCCCC. The molecule has 0 aliphatic rings. The van der Waals surface area contributed by atoms with Crippen molar-refractivity contribution in [3.05, 3.63) is 85.1 Å². The molecule has 6 nitrogen and oxygen atoms in total. The Bertz CT molecular complexity index is 1220. The Hall–Kier alpha value is -3.41. The van der Waals surface area contributed by atoms with Crippen molar-refractivity contribution in [2.45, 2.75) is 239 Å². The Kier molecular flexibility index (Phi) is 47.5. The van der Waals surface area contributed by atoms with E-state index in [1.165, 1.54) is 77.0 Å². The van der Waals surface area contributed by atoms with Crippen molar-refractivity contribution in [2.24, 2.45) is 0 Å². The Morgan fingerprint density at radius 2 is 0.629 bits per heavy atom. The van der Waals surface area contributed by atoms with Gasteiger partial charge in [0, 0.05) is 19.3 Å². The average molecular weight is 863 g/mol. The van der Waals surface area contributed by atoms with E-state index in [0.29, 0.717) is 19.3 Å².